The van der Waals surface area contributed by atoms with Crippen molar-refractivity contribution in [3.63, 3.8) is 0 Å². The Morgan fingerprint density at radius 2 is 1.85 bits per heavy atom. The summed E-state index contributed by atoms with van der Waals surface area (Å²) in [5.74, 6) is 1.16. The van der Waals surface area contributed by atoms with Crippen LogP contribution in [0.2, 0.25) is 5.02 Å². The van der Waals surface area contributed by atoms with E-state index in [9.17, 15) is 0 Å². The zero-order valence-corrected chi connectivity index (χ0v) is 10.2. The lowest BCUT2D eigenvalue weighted by Crippen LogP contribution is -1.95. The summed E-state index contributed by atoms with van der Waals surface area (Å²) in [5.41, 5.74) is 1.37. The summed E-state index contributed by atoms with van der Waals surface area (Å²) in [6.07, 6.45) is 4.29. The van der Waals surface area contributed by atoms with Gasteiger partial charge in [0.1, 0.15) is 0 Å². The van der Waals surface area contributed by atoms with Crippen molar-refractivity contribution in [3.05, 3.63) is 34.9 Å². The van der Waals surface area contributed by atoms with Crippen molar-refractivity contribution >= 4 is 35.1 Å². The second-order valence-corrected chi connectivity index (χ2v) is 5.12. The van der Waals surface area contributed by atoms with E-state index >= 15 is 0 Å². The summed E-state index contributed by atoms with van der Waals surface area (Å²) in [6.45, 7) is 0. The molecule has 1 rings (SSSR count). The topological polar surface area (TPSA) is 0 Å². The molecule has 0 aliphatic rings. The van der Waals surface area contributed by atoms with Gasteiger partial charge < -0.3 is 0 Å². The summed E-state index contributed by atoms with van der Waals surface area (Å²) in [5, 5.41) is 1.40. The molecule has 0 radical (unpaired) electrons. The molecule has 0 nitrogen and oxygen atoms in total. The highest BCUT2D eigenvalue weighted by atomic mass is 35.5. The first-order valence-electron chi connectivity index (χ1n) is 4.05. The molecule has 0 aliphatic carbocycles. The Labute approximate surface area is 93.4 Å². The third-order valence-electron chi connectivity index (χ3n) is 1.84. The Hall–Kier alpha value is 0.210. The molecular weight excluding hydrogens is 220 g/mol. The van der Waals surface area contributed by atoms with Crippen molar-refractivity contribution in [2.45, 2.75) is 5.25 Å². The molecule has 0 fully saturated rings. The molecule has 0 heterocycles. The average molecular weight is 233 g/mol. The number of rotatable bonds is 4. The monoisotopic (exact) mass is 232 g/mol. The van der Waals surface area contributed by atoms with Crippen molar-refractivity contribution in [1.82, 2.24) is 0 Å². The first kappa shape index (κ1) is 11.3. The van der Waals surface area contributed by atoms with Gasteiger partial charge in [0.25, 0.3) is 0 Å². The van der Waals surface area contributed by atoms with Crippen LogP contribution in [0.3, 0.4) is 0 Å². The molecular formula is C10H13ClS2. The average Bonchev–Trinajstić information content (AvgIpc) is 2.16. The van der Waals surface area contributed by atoms with E-state index in [4.69, 9.17) is 11.6 Å². The van der Waals surface area contributed by atoms with E-state index in [-0.39, 0.29) is 0 Å². The lowest BCUT2D eigenvalue weighted by Gasteiger charge is -2.12. The van der Waals surface area contributed by atoms with Gasteiger partial charge in [-0.15, -0.1) is 0 Å². The van der Waals surface area contributed by atoms with E-state index in [1.165, 1.54) is 5.56 Å². The fourth-order valence-electron chi connectivity index (χ4n) is 1.13. The number of thioether (sulfide) groups is 2. The maximum atomic E-state index is 5.82. The van der Waals surface area contributed by atoms with Crippen molar-refractivity contribution in [1.29, 1.82) is 0 Å². The standard InChI is InChI=1S/C10H13ClS2/c1-12-7-10(13-2)8-3-5-9(11)6-4-8/h3-6,10H,7H2,1-2H3. The zero-order chi connectivity index (χ0) is 9.68. The van der Waals surface area contributed by atoms with Gasteiger partial charge in [0.05, 0.1) is 0 Å². The lowest BCUT2D eigenvalue weighted by molar-refractivity contribution is 1.12. The molecule has 1 unspecified atom stereocenters. The van der Waals surface area contributed by atoms with Crippen LogP contribution in [-0.2, 0) is 0 Å². The van der Waals surface area contributed by atoms with Crippen LogP contribution in [0, 0.1) is 0 Å². The highest BCUT2D eigenvalue weighted by molar-refractivity contribution is 8.02. The molecule has 1 atom stereocenters. The minimum atomic E-state index is 0.590. The summed E-state index contributed by atoms with van der Waals surface area (Å²) in [6, 6.07) is 8.14. The molecule has 0 saturated heterocycles. The largest absolute Gasteiger partial charge is 0.164 e. The first-order valence-corrected chi connectivity index (χ1v) is 7.11. The quantitative estimate of drug-likeness (QED) is 0.767. The van der Waals surface area contributed by atoms with Gasteiger partial charge in [-0.2, -0.15) is 23.5 Å². The van der Waals surface area contributed by atoms with Gasteiger partial charge in [0.2, 0.25) is 0 Å². The van der Waals surface area contributed by atoms with E-state index in [1.54, 1.807) is 0 Å². The molecule has 0 bridgehead atoms. The summed E-state index contributed by atoms with van der Waals surface area (Å²) < 4.78 is 0. The molecule has 0 spiro atoms. The normalized spacial score (nSPS) is 12.8. The van der Waals surface area contributed by atoms with Crippen molar-refractivity contribution < 1.29 is 0 Å². The third kappa shape index (κ3) is 3.45. The number of halogens is 1. The van der Waals surface area contributed by atoms with Crippen LogP contribution in [0.5, 0.6) is 0 Å². The van der Waals surface area contributed by atoms with Gasteiger partial charge in [-0.1, -0.05) is 23.7 Å². The maximum Gasteiger partial charge on any atom is 0.0406 e. The summed E-state index contributed by atoms with van der Waals surface area (Å²) >= 11 is 9.59. The van der Waals surface area contributed by atoms with Crippen LogP contribution in [0.15, 0.2) is 24.3 Å². The Morgan fingerprint density at radius 3 is 2.31 bits per heavy atom. The first-order chi connectivity index (χ1) is 6.27. The van der Waals surface area contributed by atoms with Gasteiger partial charge in [-0.25, -0.2) is 0 Å². The van der Waals surface area contributed by atoms with E-state index < -0.39 is 0 Å². The van der Waals surface area contributed by atoms with Crippen LogP contribution in [-0.4, -0.2) is 18.3 Å². The lowest BCUT2D eigenvalue weighted by atomic mass is 10.2. The van der Waals surface area contributed by atoms with Crippen LogP contribution < -0.4 is 0 Å². The molecule has 0 amide bonds. The maximum absolute atomic E-state index is 5.82. The number of hydrogen-bond donors (Lipinski definition) is 0. The molecule has 0 aromatic heterocycles. The predicted molar refractivity (Wildman–Crippen MR) is 66.1 cm³/mol. The minimum absolute atomic E-state index is 0.590. The van der Waals surface area contributed by atoms with Crippen LogP contribution in [0.25, 0.3) is 0 Å². The smallest absolute Gasteiger partial charge is 0.0406 e. The van der Waals surface area contributed by atoms with Crippen LogP contribution in [0.1, 0.15) is 10.8 Å². The van der Waals surface area contributed by atoms with E-state index in [2.05, 4.69) is 24.6 Å². The number of benzene rings is 1. The van der Waals surface area contributed by atoms with Gasteiger partial charge >= 0.3 is 0 Å². The Kier molecular flexibility index (Phi) is 5.07. The summed E-state index contributed by atoms with van der Waals surface area (Å²) in [4.78, 5) is 0. The Balaban J connectivity index is 2.73. The Morgan fingerprint density at radius 1 is 1.23 bits per heavy atom. The van der Waals surface area contributed by atoms with Gasteiger partial charge in [0.15, 0.2) is 0 Å². The fraction of sp³-hybridized carbons (Fsp3) is 0.400. The Bertz CT molecular complexity index is 246. The predicted octanol–water partition coefficient (Wildman–Crippen LogP) is 4.11. The fourth-order valence-corrected chi connectivity index (χ4v) is 3.13. The molecule has 0 N–H and O–H groups in total. The molecule has 3 heteroatoms. The minimum Gasteiger partial charge on any atom is -0.164 e. The molecule has 0 aliphatic heterocycles. The van der Waals surface area contributed by atoms with Crippen LogP contribution >= 0.6 is 35.1 Å². The molecule has 1 aromatic carbocycles. The van der Waals surface area contributed by atoms with Crippen molar-refractivity contribution in [2.24, 2.45) is 0 Å². The second-order valence-electron chi connectivity index (χ2n) is 2.73. The second kappa shape index (κ2) is 5.84. The van der Waals surface area contributed by atoms with E-state index in [0.717, 1.165) is 10.8 Å². The molecule has 1 aromatic rings. The SMILES string of the molecule is CSCC(SC)c1ccc(Cl)cc1. The zero-order valence-electron chi connectivity index (χ0n) is 7.79. The van der Waals surface area contributed by atoms with Crippen molar-refractivity contribution in [3.8, 4) is 0 Å². The van der Waals surface area contributed by atoms with Gasteiger partial charge in [0, 0.05) is 16.0 Å². The van der Waals surface area contributed by atoms with Crippen molar-refractivity contribution in [2.75, 3.05) is 18.3 Å². The highest BCUT2D eigenvalue weighted by Gasteiger charge is 2.08. The van der Waals surface area contributed by atoms with E-state index in [0.29, 0.717) is 5.25 Å². The molecule has 72 valence electrons. The highest BCUT2D eigenvalue weighted by Crippen LogP contribution is 2.30. The molecule has 0 saturated carbocycles. The van der Waals surface area contributed by atoms with Crippen LogP contribution in [0.4, 0.5) is 0 Å². The number of hydrogen-bond acceptors (Lipinski definition) is 2. The third-order valence-corrected chi connectivity index (χ3v) is 3.98. The van der Waals surface area contributed by atoms with Gasteiger partial charge in [-0.3, -0.25) is 0 Å². The van der Waals surface area contributed by atoms with E-state index in [1.807, 2.05) is 35.7 Å². The van der Waals surface area contributed by atoms with Gasteiger partial charge in [-0.05, 0) is 30.2 Å². The molecule has 13 heavy (non-hydrogen) atoms. The summed E-state index contributed by atoms with van der Waals surface area (Å²) in [7, 11) is 0.